The summed E-state index contributed by atoms with van der Waals surface area (Å²) in [5, 5.41) is 18.2. The lowest BCUT2D eigenvalue weighted by Gasteiger charge is -2.11. The van der Waals surface area contributed by atoms with Crippen molar-refractivity contribution in [2.75, 3.05) is 13.2 Å². The van der Waals surface area contributed by atoms with Crippen LogP contribution in [-0.4, -0.2) is 24.3 Å². The van der Waals surface area contributed by atoms with Crippen LogP contribution in [0.15, 0.2) is 66.2 Å². The van der Waals surface area contributed by atoms with Crippen molar-refractivity contribution in [1.82, 2.24) is 0 Å². The van der Waals surface area contributed by atoms with Gasteiger partial charge in [0.15, 0.2) is 0 Å². The summed E-state index contributed by atoms with van der Waals surface area (Å²) in [6.45, 7) is -0.419. The highest BCUT2D eigenvalue weighted by Gasteiger charge is 2.19. The second kappa shape index (κ2) is 7.77. The minimum atomic E-state index is -0.737. The van der Waals surface area contributed by atoms with Gasteiger partial charge in [-0.15, -0.1) is 0 Å². The number of hydrogen-bond donors (Lipinski definition) is 1. The molecule has 2 aromatic rings. The number of hydrogen-bond acceptors (Lipinski definition) is 4. The molecule has 4 heteroatoms. The molecule has 0 radical (unpaired) electrons. The molecule has 4 nitrogen and oxygen atoms in total. The molecule has 0 atom stereocenters. The molecule has 1 N–H and O–H groups in total. The van der Waals surface area contributed by atoms with Crippen molar-refractivity contribution in [3.63, 3.8) is 0 Å². The average molecular weight is 293 g/mol. The Labute approximate surface area is 128 Å². The van der Waals surface area contributed by atoms with Gasteiger partial charge in [-0.3, -0.25) is 0 Å². The second-order valence-electron chi connectivity index (χ2n) is 4.45. The van der Waals surface area contributed by atoms with Crippen LogP contribution in [0.25, 0.3) is 5.57 Å². The van der Waals surface area contributed by atoms with Crippen molar-refractivity contribution in [2.45, 2.75) is 0 Å². The van der Waals surface area contributed by atoms with Crippen LogP contribution >= 0.6 is 0 Å². The molecule has 22 heavy (non-hydrogen) atoms. The fourth-order valence-corrected chi connectivity index (χ4v) is 2.08. The maximum atomic E-state index is 12.1. The van der Waals surface area contributed by atoms with Gasteiger partial charge in [-0.1, -0.05) is 60.7 Å². The van der Waals surface area contributed by atoms with Gasteiger partial charge in [-0.25, -0.2) is 4.79 Å². The maximum Gasteiger partial charge on any atom is 0.349 e. The lowest BCUT2D eigenvalue weighted by Crippen LogP contribution is -2.12. The Kier molecular flexibility index (Phi) is 5.47. The summed E-state index contributed by atoms with van der Waals surface area (Å²) in [6, 6.07) is 20.3. The van der Waals surface area contributed by atoms with Gasteiger partial charge in [0, 0.05) is 5.57 Å². The first-order valence-corrected chi connectivity index (χ1v) is 6.81. The molecular weight excluding hydrogens is 278 g/mol. The molecule has 0 amide bonds. The van der Waals surface area contributed by atoms with Crippen LogP contribution in [0.2, 0.25) is 0 Å². The summed E-state index contributed by atoms with van der Waals surface area (Å²) >= 11 is 0. The molecule has 0 saturated heterocycles. The number of nitrogens with zero attached hydrogens (tertiary/aromatic N) is 1. The van der Waals surface area contributed by atoms with Crippen LogP contribution < -0.4 is 0 Å². The molecule has 0 fully saturated rings. The van der Waals surface area contributed by atoms with Crippen molar-refractivity contribution in [3.8, 4) is 6.07 Å². The van der Waals surface area contributed by atoms with Crippen LogP contribution in [-0.2, 0) is 9.53 Å². The van der Waals surface area contributed by atoms with Crippen molar-refractivity contribution in [3.05, 3.63) is 77.4 Å². The highest BCUT2D eigenvalue weighted by molar-refractivity contribution is 6.05. The standard InChI is InChI=1S/C18H15NO3/c19-13-16(18(21)22-12-11-20)17(14-7-3-1-4-8-14)15-9-5-2-6-10-15/h1-10,20H,11-12H2. The number of aliphatic hydroxyl groups excluding tert-OH is 1. The van der Waals surface area contributed by atoms with Gasteiger partial charge in [0.2, 0.25) is 0 Å². The predicted octanol–water partition coefficient (Wildman–Crippen LogP) is 2.55. The summed E-state index contributed by atoms with van der Waals surface area (Å²) in [6.07, 6.45) is 0. The summed E-state index contributed by atoms with van der Waals surface area (Å²) in [5.74, 6) is -0.737. The number of nitriles is 1. The Hall–Kier alpha value is -2.90. The normalized spacial score (nSPS) is 9.64. The molecule has 0 aliphatic carbocycles. The maximum absolute atomic E-state index is 12.1. The Morgan fingerprint density at radius 2 is 1.50 bits per heavy atom. The molecule has 0 aliphatic rings. The van der Waals surface area contributed by atoms with Gasteiger partial charge in [0.25, 0.3) is 0 Å². The minimum absolute atomic E-state index is 0.0779. The minimum Gasteiger partial charge on any atom is -0.459 e. The summed E-state index contributed by atoms with van der Waals surface area (Å²) in [7, 11) is 0. The van der Waals surface area contributed by atoms with E-state index < -0.39 is 5.97 Å². The van der Waals surface area contributed by atoms with E-state index in [4.69, 9.17) is 9.84 Å². The van der Waals surface area contributed by atoms with E-state index in [0.717, 1.165) is 11.1 Å². The monoisotopic (exact) mass is 293 g/mol. The van der Waals surface area contributed by atoms with Gasteiger partial charge in [0.05, 0.1) is 6.61 Å². The van der Waals surface area contributed by atoms with Crippen LogP contribution in [0, 0.1) is 11.3 Å². The number of benzene rings is 2. The first-order valence-electron chi connectivity index (χ1n) is 6.81. The highest BCUT2D eigenvalue weighted by Crippen LogP contribution is 2.27. The molecule has 0 aromatic heterocycles. The number of ether oxygens (including phenoxy) is 1. The SMILES string of the molecule is N#CC(C(=O)OCCO)=C(c1ccccc1)c1ccccc1. The van der Waals surface area contributed by atoms with Crippen molar-refractivity contribution >= 4 is 11.5 Å². The number of carbonyl (C=O) groups is 1. The topological polar surface area (TPSA) is 70.3 Å². The molecule has 0 saturated carbocycles. The van der Waals surface area contributed by atoms with Gasteiger partial charge >= 0.3 is 5.97 Å². The van der Waals surface area contributed by atoms with E-state index in [0.29, 0.717) is 5.57 Å². The van der Waals surface area contributed by atoms with E-state index in [-0.39, 0.29) is 18.8 Å². The van der Waals surface area contributed by atoms with E-state index in [9.17, 15) is 10.1 Å². The molecule has 2 aromatic carbocycles. The molecule has 110 valence electrons. The van der Waals surface area contributed by atoms with Crippen LogP contribution in [0.5, 0.6) is 0 Å². The largest absolute Gasteiger partial charge is 0.459 e. The third-order valence-corrected chi connectivity index (χ3v) is 3.02. The first-order chi connectivity index (χ1) is 10.8. The number of carbonyl (C=O) groups excluding carboxylic acids is 1. The third kappa shape index (κ3) is 3.60. The quantitative estimate of drug-likeness (QED) is 0.522. The molecule has 0 unspecified atom stereocenters. The molecule has 0 spiro atoms. The van der Waals surface area contributed by atoms with Crippen LogP contribution in [0.1, 0.15) is 11.1 Å². The zero-order valence-electron chi connectivity index (χ0n) is 11.9. The Balaban J connectivity index is 2.59. The zero-order chi connectivity index (χ0) is 15.8. The molecular formula is C18H15NO3. The van der Waals surface area contributed by atoms with Gasteiger partial charge in [0.1, 0.15) is 18.2 Å². The average Bonchev–Trinajstić information content (AvgIpc) is 2.59. The smallest absolute Gasteiger partial charge is 0.349 e. The summed E-state index contributed by atoms with van der Waals surface area (Å²) in [4.78, 5) is 12.1. The van der Waals surface area contributed by atoms with Crippen LogP contribution in [0.4, 0.5) is 0 Å². The molecule has 2 rings (SSSR count). The van der Waals surface area contributed by atoms with Gasteiger partial charge in [-0.2, -0.15) is 5.26 Å². The van der Waals surface area contributed by atoms with E-state index in [2.05, 4.69) is 0 Å². The zero-order valence-corrected chi connectivity index (χ0v) is 11.9. The van der Waals surface area contributed by atoms with E-state index >= 15 is 0 Å². The summed E-state index contributed by atoms with van der Waals surface area (Å²) < 4.78 is 4.90. The summed E-state index contributed by atoms with van der Waals surface area (Å²) in [5.41, 5.74) is 1.95. The van der Waals surface area contributed by atoms with E-state index in [1.807, 2.05) is 66.7 Å². The fourth-order valence-electron chi connectivity index (χ4n) is 2.08. The third-order valence-electron chi connectivity index (χ3n) is 3.02. The van der Waals surface area contributed by atoms with Crippen molar-refractivity contribution < 1.29 is 14.6 Å². The molecule has 0 heterocycles. The fraction of sp³-hybridized carbons (Fsp3) is 0.111. The van der Waals surface area contributed by atoms with Gasteiger partial charge in [-0.05, 0) is 11.1 Å². The first kappa shape index (κ1) is 15.5. The molecule has 0 aliphatic heterocycles. The van der Waals surface area contributed by atoms with E-state index in [1.165, 1.54) is 0 Å². The Morgan fingerprint density at radius 1 is 1.00 bits per heavy atom. The van der Waals surface area contributed by atoms with E-state index in [1.54, 1.807) is 0 Å². The van der Waals surface area contributed by atoms with Crippen molar-refractivity contribution in [1.29, 1.82) is 5.26 Å². The number of rotatable bonds is 5. The highest BCUT2D eigenvalue weighted by atomic mass is 16.5. The van der Waals surface area contributed by atoms with Gasteiger partial charge < -0.3 is 9.84 Å². The Bertz CT molecular complexity index is 659. The predicted molar refractivity (Wildman–Crippen MR) is 82.6 cm³/mol. The van der Waals surface area contributed by atoms with Crippen molar-refractivity contribution in [2.24, 2.45) is 0 Å². The van der Waals surface area contributed by atoms with Crippen LogP contribution in [0.3, 0.4) is 0 Å². The Morgan fingerprint density at radius 3 is 1.91 bits per heavy atom. The lowest BCUT2D eigenvalue weighted by atomic mass is 9.93. The lowest BCUT2D eigenvalue weighted by molar-refractivity contribution is -0.139. The molecule has 0 bridgehead atoms. The second-order valence-corrected chi connectivity index (χ2v) is 4.45. The number of esters is 1. The number of aliphatic hydroxyl groups is 1.